The molecular weight excluding hydrogens is 208 g/mol. The molecule has 2 heteroatoms. The van der Waals surface area contributed by atoms with Crippen LogP contribution in [0.5, 0.6) is 0 Å². The SMILES string of the molecule is NC1Cc2ccccc2N(C2C=CCCC2)C1. The average molecular weight is 228 g/mol. The van der Waals surface area contributed by atoms with Gasteiger partial charge in [-0.05, 0) is 37.3 Å². The number of nitrogens with zero attached hydrogens (tertiary/aromatic N) is 1. The molecule has 17 heavy (non-hydrogen) atoms. The molecule has 2 N–H and O–H groups in total. The number of fused-ring (bicyclic) bond motifs is 1. The van der Waals surface area contributed by atoms with Crippen molar-refractivity contribution in [2.24, 2.45) is 5.73 Å². The third-order valence-electron chi connectivity index (χ3n) is 3.84. The number of hydrogen-bond acceptors (Lipinski definition) is 2. The lowest BCUT2D eigenvalue weighted by molar-refractivity contribution is 0.527. The van der Waals surface area contributed by atoms with Crippen molar-refractivity contribution in [1.29, 1.82) is 0 Å². The third-order valence-corrected chi connectivity index (χ3v) is 3.84. The number of allylic oxidation sites excluding steroid dienone is 1. The van der Waals surface area contributed by atoms with Gasteiger partial charge in [0.15, 0.2) is 0 Å². The lowest BCUT2D eigenvalue weighted by Crippen LogP contribution is -2.47. The van der Waals surface area contributed by atoms with E-state index in [0.717, 1.165) is 13.0 Å². The van der Waals surface area contributed by atoms with Gasteiger partial charge in [0.05, 0.1) is 0 Å². The molecular formula is C15H20N2. The maximum Gasteiger partial charge on any atom is 0.0473 e. The van der Waals surface area contributed by atoms with E-state index in [0.29, 0.717) is 6.04 Å². The maximum atomic E-state index is 6.18. The van der Waals surface area contributed by atoms with Crippen LogP contribution in [0.1, 0.15) is 24.8 Å². The molecule has 1 aliphatic carbocycles. The summed E-state index contributed by atoms with van der Waals surface area (Å²) in [6.45, 7) is 0.992. The number of hydrogen-bond donors (Lipinski definition) is 1. The molecule has 90 valence electrons. The molecule has 2 unspecified atom stereocenters. The molecule has 0 spiro atoms. The molecule has 0 saturated carbocycles. The molecule has 3 rings (SSSR count). The van der Waals surface area contributed by atoms with Crippen molar-refractivity contribution in [3.63, 3.8) is 0 Å². The van der Waals surface area contributed by atoms with Crippen LogP contribution in [-0.2, 0) is 6.42 Å². The van der Waals surface area contributed by atoms with Crippen molar-refractivity contribution in [2.75, 3.05) is 11.4 Å². The molecule has 0 fully saturated rings. The monoisotopic (exact) mass is 228 g/mol. The summed E-state index contributed by atoms with van der Waals surface area (Å²) in [5, 5.41) is 0. The standard InChI is InChI=1S/C15H20N2/c16-13-10-12-6-4-5-9-15(12)17(11-13)14-7-2-1-3-8-14/h2,4-7,9,13-14H,1,3,8,10-11,16H2. The van der Waals surface area contributed by atoms with Crippen molar-refractivity contribution >= 4 is 5.69 Å². The van der Waals surface area contributed by atoms with Crippen LogP contribution in [-0.4, -0.2) is 18.6 Å². The first-order valence-corrected chi connectivity index (χ1v) is 6.61. The fraction of sp³-hybridized carbons (Fsp3) is 0.467. The van der Waals surface area contributed by atoms with Gasteiger partial charge in [-0.25, -0.2) is 0 Å². The van der Waals surface area contributed by atoms with E-state index >= 15 is 0 Å². The van der Waals surface area contributed by atoms with Crippen molar-refractivity contribution < 1.29 is 0 Å². The summed E-state index contributed by atoms with van der Waals surface area (Å²) in [4.78, 5) is 2.50. The molecule has 0 saturated heterocycles. The Morgan fingerprint density at radius 2 is 2.12 bits per heavy atom. The van der Waals surface area contributed by atoms with E-state index in [2.05, 4.69) is 41.3 Å². The highest BCUT2D eigenvalue weighted by Crippen LogP contribution is 2.30. The summed E-state index contributed by atoms with van der Waals surface area (Å²) >= 11 is 0. The number of nitrogens with two attached hydrogens (primary N) is 1. The van der Waals surface area contributed by atoms with Gasteiger partial charge in [-0.15, -0.1) is 0 Å². The molecule has 1 heterocycles. The maximum absolute atomic E-state index is 6.18. The zero-order chi connectivity index (χ0) is 11.7. The van der Waals surface area contributed by atoms with Gasteiger partial charge in [-0.2, -0.15) is 0 Å². The van der Waals surface area contributed by atoms with Gasteiger partial charge in [0.1, 0.15) is 0 Å². The zero-order valence-electron chi connectivity index (χ0n) is 10.2. The molecule has 2 nitrogen and oxygen atoms in total. The lowest BCUT2D eigenvalue weighted by Gasteiger charge is -2.40. The Labute approximate surface area is 103 Å². The van der Waals surface area contributed by atoms with Gasteiger partial charge < -0.3 is 10.6 Å². The minimum Gasteiger partial charge on any atom is -0.363 e. The Morgan fingerprint density at radius 1 is 1.24 bits per heavy atom. The van der Waals surface area contributed by atoms with E-state index in [1.54, 1.807) is 0 Å². The lowest BCUT2D eigenvalue weighted by atomic mass is 9.93. The minimum absolute atomic E-state index is 0.278. The van der Waals surface area contributed by atoms with E-state index in [9.17, 15) is 0 Å². The fourth-order valence-corrected chi connectivity index (χ4v) is 3.03. The topological polar surface area (TPSA) is 29.3 Å². The molecule has 2 aliphatic rings. The summed E-state index contributed by atoms with van der Waals surface area (Å²) < 4.78 is 0. The number of benzene rings is 1. The van der Waals surface area contributed by atoms with E-state index in [1.807, 2.05) is 0 Å². The Kier molecular flexibility index (Phi) is 2.89. The van der Waals surface area contributed by atoms with Crippen LogP contribution in [0.15, 0.2) is 36.4 Å². The van der Waals surface area contributed by atoms with Crippen LogP contribution in [0.3, 0.4) is 0 Å². The van der Waals surface area contributed by atoms with Crippen LogP contribution >= 0.6 is 0 Å². The highest BCUT2D eigenvalue weighted by molar-refractivity contribution is 5.57. The largest absolute Gasteiger partial charge is 0.363 e. The zero-order valence-corrected chi connectivity index (χ0v) is 10.2. The van der Waals surface area contributed by atoms with Crippen molar-refractivity contribution in [3.8, 4) is 0 Å². The summed E-state index contributed by atoms with van der Waals surface area (Å²) in [7, 11) is 0. The Hall–Kier alpha value is -1.28. The van der Waals surface area contributed by atoms with Crippen LogP contribution in [0, 0.1) is 0 Å². The van der Waals surface area contributed by atoms with E-state index in [4.69, 9.17) is 5.73 Å². The third kappa shape index (κ3) is 2.09. The van der Waals surface area contributed by atoms with Gasteiger partial charge in [0.2, 0.25) is 0 Å². The summed E-state index contributed by atoms with van der Waals surface area (Å²) in [5.74, 6) is 0. The number of anilines is 1. The molecule has 2 atom stereocenters. The number of para-hydroxylation sites is 1. The van der Waals surface area contributed by atoms with Crippen molar-refractivity contribution in [2.45, 2.75) is 37.8 Å². The van der Waals surface area contributed by atoms with E-state index < -0.39 is 0 Å². The Balaban J connectivity index is 1.94. The van der Waals surface area contributed by atoms with Crippen molar-refractivity contribution in [1.82, 2.24) is 0 Å². The molecule has 0 radical (unpaired) electrons. The first-order valence-electron chi connectivity index (χ1n) is 6.61. The number of rotatable bonds is 1. The van der Waals surface area contributed by atoms with Gasteiger partial charge in [-0.1, -0.05) is 30.4 Å². The summed E-state index contributed by atoms with van der Waals surface area (Å²) in [6.07, 6.45) is 9.49. The van der Waals surface area contributed by atoms with Crippen LogP contribution < -0.4 is 10.6 Å². The Bertz CT molecular complexity index is 425. The van der Waals surface area contributed by atoms with Gasteiger partial charge in [-0.3, -0.25) is 0 Å². The van der Waals surface area contributed by atoms with Crippen LogP contribution in [0.2, 0.25) is 0 Å². The van der Waals surface area contributed by atoms with Gasteiger partial charge in [0, 0.05) is 24.3 Å². The summed E-state index contributed by atoms with van der Waals surface area (Å²) in [6, 6.07) is 9.54. The smallest absolute Gasteiger partial charge is 0.0473 e. The average Bonchev–Trinajstić information content (AvgIpc) is 2.39. The molecule has 1 aliphatic heterocycles. The predicted octanol–water partition coefficient (Wildman–Crippen LogP) is 2.49. The quantitative estimate of drug-likeness (QED) is 0.748. The molecule has 0 amide bonds. The van der Waals surface area contributed by atoms with E-state index in [1.165, 1.54) is 30.5 Å². The second-order valence-electron chi connectivity index (χ2n) is 5.17. The van der Waals surface area contributed by atoms with Gasteiger partial charge in [0.25, 0.3) is 0 Å². The van der Waals surface area contributed by atoms with Crippen LogP contribution in [0.25, 0.3) is 0 Å². The predicted molar refractivity (Wildman–Crippen MR) is 72.2 cm³/mol. The van der Waals surface area contributed by atoms with Gasteiger partial charge >= 0.3 is 0 Å². The molecule has 0 aromatic heterocycles. The second kappa shape index (κ2) is 4.53. The minimum atomic E-state index is 0.278. The molecule has 0 bridgehead atoms. The fourth-order valence-electron chi connectivity index (χ4n) is 3.03. The summed E-state index contributed by atoms with van der Waals surface area (Å²) in [5.41, 5.74) is 8.98. The first-order chi connectivity index (χ1) is 8.34. The highest BCUT2D eigenvalue weighted by Gasteiger charge is 2.26. The highest BCUT2D eigenvalue weighted by atomic mass is 15.2. The normalized spacial score (nSPS) is 27.9. The van der Waals surface area contributed by atoms with Crippen LogP contribution in [0.4, 0.5) is 5.69 Å². The molecule has 1 aromatic rings. The van der Waals surface area contributed by atoms with Crippen molar-refractivity contribution in [3.05, 3.63) is 42.0 Å². The Morgan fingerprint density at radius 3 is 2.94 bits per heavy atom. The first kappa shape index (κ1) is 10.8. The molecule has 1 aromatic carbocycles. The van der Waals surface area contributed by atoms with E-state index in [-0.39, 0.29) is 6.04 Å². The second-order valence-corrected chi connectivity index (χ2v) is 5.17.